The number of pyridine rings is 1. The topological polar surface area (TPSA) is 78.7 Å². The number of fused-ring (bicyclic) bond motifs is 1. The van der Waals surface area contributed by atoms with E-state index in [1.807, 2.05) is 66.4 Å². The Morgan fingerprint density at radius 1 is 0.896 bits per heavy atom. The number of benzene rings is 3. The lowest BCUT2D eigenvalue weighted by atomic mass is 10.0. The lowest BCUT2D eigenvalue weighted by molar-refractivity contribution is 0.0843. The minimum Gasteiger partial charge on any atom is -0.497 e. The number of hydrogen-bond acceptors (Lipinski definition) is 7. The summed E-state index contributed by atoms with van der Waals surface area (Å²) in [6, 6.07) is 19.8. The van der Waals surface area contributed by atoms with Crippen molar-refractivity contribution in [3.8, 4) is 22.8 Å². The SMILES string of the molecule is COc1ccc(CN(Cc2ccc(OC)cc2)c2cc(C)cc(-c3c(Cl)c(F)c4c(=O)n(COCC[Si](C)(C)C)cnc4c3F)n2)cc1. The Bertz CT molecular complexity index is 1920. The number of anilines is 1. The van der Waals surface area contributed by atoms with Crippen LogP contribution in [0.2, 0.25) is 30.7 Å². The fraction of sp³-hybridized carbons (Fsp3) is 0.306. The van der Waals surface area contributed by atoms with Gasteiger partial charge in [-0.3, -0.25) is 9.36 Å². The number of halogens is 3. The summed E-state index contributed by atoms with van der Waals surface area (Å²) < 4.78 is 49.6. The molecule has 12 heteroatoms. The lowest BCUT2D eigenvalue weighted by Gasteiger charge is -2.25. The van der Waals surface area contributed by atoms with E-state index in [1.165, 1.54) is 6.33 Å². The van der Waals surface area contributed by atoms with Crippen LogP contribution in [0.5, 0.6) is 11.5 Å². The van der Waals surface area contributed by atoms with Gasteiger partial charge in [0.05, 0.1) is 30.5 Å². The number of rotatable bonds is 13. The van der Waals surface area contributed by atoms with Gasteiger partial charge in [-0.25, -0.2) is 18.7 Å². The second-order valence-corrected chi connectivity index (χ2v) is 18.8. The smallest absolute Gasteiger partial charge is 0.266 e. The maximum absolute atomic E-state index is 16.3. The van der Waals surface area contributed by atoms with Crippen LogP contribution < -0.4 is 19.9 Å². The monoisotopic (exact) mass is 692 g/mol. The molecule has 0 aliphatic heterocycles. The molecule has 0 radical (unpaired) electrons. The lowest BCUT2D eigenvalue weighted by Crippen LogP contribution is -2.26. The highest BCUT2D eigenvalue weighted by Gasteiger charge is 2.26. The van der Waals surface area contributed by atoms with Crippen molar-refractivity contribution in [3.63, 3.8) is 0 Å². The van der Waals surface area contributed by atoms with Crippen molar-refractivity contribution < 1.29 is 23.0 Å². The maximum atomic E-state index is 16.3. The molecule has 0 aliphatic carbocycles. The van der Waals surface area contributed by atoms with Crippen molar-refractivity contribution in [2.45, 2.75) is 52.4 Å². The van der Waals surface area contributed by atoms with Crippen LogP contribution in [0.3, 0.4) is 0 Å². The van der Waals surface area contributed by atoms with Gasteiger partial charge >= 0.3 is 0 Å². The van der Waals surface area contributed by atoms with Crippen LogP contribution in [0.1, 0.15) is 16.7 Å². The highest BCUT2D eigenvalue weighted by molar-refractivity contribution is 6.76. The molecule has 0 atom stereocenters. The van der Waals surface area contributed by atoms with Gasteiger partial charge in [0.25, 0.3) is 5.56 Å². The zero-order chi connectivity index (χ0) is 34.6. The molecular weight excluding hydrogens is 654 g/mol. The molecule has 0 saturated heterocycles. The van der Waals surface area contributed by atoms with E-state index < -0.39 is 41.2 Å². The first kappa shape index (κ1) is 35.0. The molecule has 0 N–H and O–H groups in total. The standard InChI is InChI=1S/C36H39ClF2N4O4Si/c1-23-17-28(30-32(37)33(38)31-35(34(30)39)40-21-43(36(31)44)22-47-15-16-48(4,5)6)41-29(18-23)42(19-24-7-11-26(45-2)12-8-24)20-25-9-13-27(46-3)14-10-25/h7-14,17-18,21H,15-16,19-20,22H2,1-6H3. The maximum Gasteiger partial charge on any atom is 0.266 e. The van der Waals surface area contributed by atoms with Crippen LogP contribution in [0.25, 0.3) is 22.2 Å². The van der Waals surface area contributed by atoms with Crippen LogP contribution in [0.15, 0.2) is 71.8 Å². The predicted molar refractivity (Wildman–Crippen MR) is 189 cm³/mol. The average Bonchev–Trinajstić information content (AvgIpc) is 3.06. The summed E-state index contributed by atoms with van der Waals surface area (Å²) in [7, 11) is 1.87. The van der Waals surface area contributed by atoms with Crippen molar-refractivity contribution >= 4 is 36.4 Å². The molecule has 0 unspecified atom stereocenters. The second kappa shape index (κ2) is 14.8. The van der Waals surface area contributed by atoms with E-state index in [-0.39, 0.29) is 18.0 Å². The first-order chi connectivity index (χ1) is 22.9. The van der Waals surface area contributed by atoms with Gasteiger partial charge < -0.3 is 19.1 Å². The minimum atomic E-state index is -1.35. The van der Waals surface area contributed by atoms with E-state index >= 15 is 8.78 Å². The molecular formula is C36H39ClF2N4O4Si. The van der Waals surface area contributed by atoms with Crippen molar-refractivity contribution in [1.29, 1.82) is 0 Å². The van der Waals surface area contributed by atoms with Gasteiger partial charge in [0.2, 0.25) is 0 Å². The quantitative estimate of drug-likeness (QED) is 0.0699. The Balaban J connectivity index is 1.54. The van der Waals surface area contributed by atoms with E-state index in [9.17, 15) is 4.79 Å². The van der Waals surface area contributed by atoms with E-state index in [2.05, 4.69) is 24.6 Å². The molecule has 0 amide bonds. The average molecular weight is 693 g/mol. The minimum absolute atomic E-state index is 0.114. The Morgan fingerprint density at radius 2 is 1.48 bits per heavy atom. The van der Waals surface area contributed by atoms with Gasteiger partial charge in [-0.1, -0.05) is 55.5 Å². The molecule has 0 fully saturated rings. The van der Waals surface area contributed by atoms with Crippen molar-refractivity contribution in [1.82, 2.24) is 14.5 Å². The van der Waals surface area contributed by atoms with Crippen molar-refractivity contribution in [2.75, 3.05) is 25.7 Å². The van der Waals surface area contributed by atoms with Gasteiger partial charge in [-0.15, -0.1) is 0 Å². The number of nitrogens with zero attached hydrogens (tertiary/aromatic N) is 4. The third-order valence-electron chi connectivity index (χ3n) is 7.92. The summed E-state index contributed by atoms with van der Waals surface area (Å²) in [6.07, 6.45) is 1.17. The molecule has 0 saturated carbocycles. The number of hydrogen-bond donors (Lipinski definition) is 0. The fourth-order valence-corrected chi connectivity index (χ4v) is 6.24. The third kappa shape index (κ3) is 8.03. The van der Waals surface area contributed by atoms with E-state index in [0.717, 1.165) is 38.8 Å². The molecule has 252 valence electrons. The summed E-state index contributed by atoms with van der Waals surface area (Å²) in [5.74, 6) is -0.00699. The highest BCUT2D eigenvalue weighted by Crippen LogP contribution is 2.37. The molecule has 0 aliphatic rings. The summed E-state index contributed by atoms with van der Waals surface area (Å²) in [6.45, 7) is 9.70. The Hall–Kier alpha value is -4.32. The molecule has 5 rings (SSSR count). The second-order valence-electron chi connectivity index (χ2n) is 12.8. The van der Waals surface area contributed by atoms with Crippen LogP contribution >= 0.6 is 11.6 Å². The summed E-state index contributed by atoms with van der Waals surface area (Å²) in [4.78, 5) is 24.2. The van der Waals surface area contributed by atoms with E-state index in [1.54, 1.807) is 20.3 Å². The molecule has 8 nitrogen and oxygen atoms in total. The van der Waals surface area contributed by atoms with Gasteiger partial charge in [0.1, 0.15) is 41.3 Å². The Morgan fingerprint density at radius 3 is 2.02 bits per heavy atom. The van der Waals surface area contributed by atoms with E-state index in [0.29, 0.717) is 25.5 Å². The van der Waals surface area contributed by atoms with Crippen LogP contribution in [0, 0.1) is 18.6 Å². The molecule has 3 aromatic carbocycles. The zero-order valence-electron chi connectivity index (χ0n) is 27.9. The fourth-order valence-electron chi connectivity index (χ4n) is 5.21. The highest BCUT2D eigenvalue weighted by atomic mass is 35.5. The van der Waals surface area contributed by atoms with Crippen LogP contribution in [-0.4, -0.2) is 43.4 Å². The molecule has 2 aromatic heterocycles. The molecule has 2 heterocycles. The van der Waals surface area contributed by atoms with Crippen LogP contribution in [-0.2, 0) is 24.6 Å². The summed E-state index contributed by atoms with van der Waals surface area (Å²) in [5.41, 5.74) is 1.37. The van der Waals surface area contributed by atoms with Crippen molar-refractivity contribution in [2.24, 2.45) is 0 Å². The molecule has 5 aromatic rings. The number of ether oxygens (including phenoxy) is 3. The normalized spacial score (nSPS) is 11.6. The van der Waals surface area contributed by atoms with Crippen LogP contribution in [0.4, 0.5) is 14.6 Å². The number of aromatic nitrogens is 3. The largest absolute Gasteiger partial charge is 0.497 e. The van der Waals surface area contributed by atoms with Gasteiger partial charge in [0, 0.05) is 27.8 Å². The van der Waals surface area contributed by atoms with Gasteiger partial charge in [0.15, 0.2) is 11.6 Å². The van der Waals surface area contributed by atoms with Crippen molar-refractivity contribution in [3.05, 3.63) is 111 Å². The predicted octanol–water partition coefficient (Wildman–Crippen LogP) is 8.23. The zero-order valence-corrected chi connectivity index (χ0v) is 29.7. The summed E-state index contributed by atoms with van der Waals surface area (Å²) in [5, 5.41) is -1.08. The first-order valence-corrected chi connectivity index (χ1v) is 19.6. The summed E-state index contributed by atoms with van der Waals surface area (Å²) >= 11 is 6.52. The number of methoxy groups -OCH3 is 2. The first-order valence-electron chi connectivity index (χ1n) is 15.5. The molecule has 48 heavy (non-hydrogen) atoms. The van der Waals surface area contributed by atoms with Gasteiger partial charge in [-0.05, 0) is 66.1 Å². The number of aryl methyl sites for hydroxylation is 1. The Kier molecular flexibility index (Phi) is 10.8. The molecule has 0 spiro atoms. The Labute approximate surface area is 284 Å². The van der Waals surface area contributed by atoms with Gasteiger partial charge in [-0.2, -0.15) is 0 Å². The third-order valence-corrected chi connectivity index (χ3v) is 9.98. The van der Waals surface area contributed by atoms with E-state index in [4.69, 9.17) is 30.8 Å². The molecule has 0 bridgehead atoms.